The number of nitrogens with one attached hydrogen (secondary N) is 1. The maximum Gasteiger partial charge on any atom is 0.312 e. The first-order chi connectivity index (χ1) is 12.7. The van der Waals surface area contributed by atoms with E-state index in [1.807, 2.05) is 0 Å². The number of ether oxygens (including phenoxy) is 1. The summed E-state index contributed by atoms with van der Waals surface area (Å²) in [6, 6.07) is 3.49. The number of benzene rings is 1. The van der Waals surface area contributed by atoms with Gasteiger partial charge in [-0.2, -0.15) is 5.10 Å². The van der Waals surface area contributed by atoms with Crippen LogP contribution >= 0.6 is 0 Å². The van der Waals surface area contributed by atoms with E-state index in [1.54, 1.807) is 13.2 Å². The summed E-state index contributed by atoms with van der Waals surface area (Å²) in [5.74, 6) is 0.875. The number of hydrogen-bond donors (Lipinski definition) is 1. The van der Waals surface area contributed by atoms with Gasteiger partial charge in [0.1, 0.15) is 0 Å². The number of hydrogen-bond acceptors (Lipinski definition) is 6. The van der Waals surface area contributed by atoms with E-state index in [-0.39, 0.29) is 16.7 Å². The Labute approximate surface area is 157 Å². The molecule has 0 aliphatic heterocycles. The molecule has 146 valence electrons. The summed E-state index contributed by atoms with van der Waals surface area (Å²) in [4.78, 5) is 10.6. The largest absolute Gasteiger partial charge is 0.447 e. The minimum absolute atomic E-state index is 0.0431. The molecule has 0 radical (unpaired) electrons. The van der Waals surface area contributed by atoms with Gasteiger partial charge >= 0.3 is 5.69 Å². The van der Waals surface area contributed by atoms with Crippen LogP contribution in [0.4, 0.5) is 5.69 Å². The molecule has 3 rings (SSSR count). The van der Waals surface area contributed by atoms with E-state index >= 15 is 0 Å². The summed E-state index contributed by atoms with van der Waals surface area (Å²) < 4.78 is 34.9. The van der Waals surface area contributed by atoms with Gasteiger partial charge in [0.15, 0.2) is 5.75 Å². The van der Waals surface area contributed by atoms with E-state index in [0.717, 1.165) is 31.7 Å². The Morgan fingerprint density at radius 2 is 2.00 bits per heavy atom. The molecule has 0 spiro atoms. The fourth-order valence-corrected chi connectivity index (χ4v) is 4.46. The summed E-state index contributed by atoms with van der Waals surface area (Å²) in [6.45, 7) is 2.15. The molecule has 1 aliphatic carbocycles. The topological polar surface area (TPSA) is 116 Å². The highest BCUT2D eigenvalue weighted by molar-refractivity contribution is 7.89. The average Bonchev–Trinajstić information content (AvgIpc) is 3.01. The number of aromatic nitrogens is 2. The van der Waals surface area contributed by atoms with Gasteiger partial charge in [-0.3, -0.25) is 14.8 Å². The van der Waals surface area contributed by atoms with Crippen molar-refractivity contribution in [1.29, 1.82) is 0 Å². The lowest BCUT2D eigenvalue weighted by Gasteiger charge is -2.26. The van der Waals surface area contributed by atoms with Gasteiger partial charge in [-0.15, -0.1) is 0 Å². The van der Waals surface area contributed by atoms with Crippen LogP contribution in [0.1, 0.15) is 32.6 Å². The molecular formula is C17H22N4O5S. The maximum atomic E-state index is 12.6. The number of nitro benzene ring substituents is 1. The second kappa shape index (κ2) is 7.65. The highest BCUT2D eigenvalue weighted by Crippen LogP contribution is 2.33. The lowest BCUT2D eigenvalue weighted by atomic mass is 9.88. The summed E-state index contributed by atoms with van der Waals surface area (Å²) in [5, 5.41) is 15.3. The number of rotatable bonds is 6. The normalized spacial score (nSPS) is 20.4. The van der Waals surface area contributed by atoms with Crippen molar-refractivity contribution in [3.8, 4) is 11.5 Å². The molecule has 27 heavy (non-hydrogen) atoms. The van der Waals surface area contributed by atoms with E-state index in [2.05, 4.69) is 16.7 Å². The highest BCUT2D eigenvalue weighted by atomic mass is 32.2. The zero-order valence-electron chi connectivity index (χ0n) is 15.2. The zero-order valence-corrected chi connectivity index (χ0v) is 16.0. The molecule has 0 amide bonds. The van der Waals surface area contributed by atoms with Crippen LogP contribution < -0.4 is 9.46 Å². The van der Waals surface area contributed by atoms with Gasteiger partial charge in [-0.1, -0.05) is 6.92 Å². The molecule has 1 heterocycles. The predicted octanol–water partition coefficient (Wildman–Crippen LogP) is 2.98. The molecule has 1 aromatic heterocycles. The smallest absolute Gasteiger partial charge is 0.312 e. The van der Waals surface area contributed by atoms with E-state index in [1.165, 1.54) is 23.0 Å². The third kappa shape index (κ3) is 4.64. The van der Waals surface area contributed by atoms with E-state index in [4.69, 9.17) is 4.74 Å². The minimum atomic E-state index is -3.85. The van der Waals surface area contributed by atoms with Crippen molar-refractivity contribution in [3.05, 3.63) is 40.7 Å². The second-order valence-corrected chi connectivity index (χ2v) is 8.63. The third-order valence-electron chi connectivity index (χ3n) is 4.68. The van der Waals surface area contributed by atoms with Crippen LogP contribution in [0, 0.1) is 16.0 Å². The molecule has 1 N–H and O–H groups in total. The Balaban J connectivity index is 1.83. The van der Waals surface area contributed by atoms with Crippen LogP contribution in [0.2, 0.25) is 0 Å². The molecule has 0 unspecified atom stereocenters. The first-order valence-electron chi connectivity index (χ1n) is 8.72. The molecule has 1 saturated carbocycles. The summed E-state index contributed by atoms with van der Waals surface area (Å²) in [5.41, 5.74) is -0.418. The molecule has 1 aromatic carbocycles. The zero-order chi connectivity index (χ0) is 19.6. The summed E-state index contributed by atoms with van der Waals surface area (Å²) >= 11 is 0. The first-order valence-corrected chi connectivity index (χ1v) is 10.2. The average molecular weight is 394 g/mol. The standard InChI is InChI=1S/C17H22N4O5S/c1-12-3-5-13(6-4-12)19-27(24,25)15-7-8-17(16(9-15)21(22)23)26-14-10-18-20(2)11-14/h7-13,19H,3-6H2,1-2H3. The molecule has 0 atom stereocenters. The summed E-state index contributed by atoms with van der Waals surface area (Å²) in [7, 11) is -2.16. The van der Waals surface area contributed by atoms with Crippen LogP contribution in [-0.2, 0) is 17.1 Å². The van der Waals surface area contributed by atoms with Gasteiger partial charge in [0.05, 0.1) is 22.2 Å². The van der Waals surface area contributed by atoms with Crippen LogP contribution in [0.3, 0.4) is 0 Å². The Hall–Kier alpha value is -2.46. The monoisotopic (exact) mass is 394 g/mol. The van der Waals surface area contributed by atoms with E-state index in [9.17, 15) is 18.5 Å². The molecule has 1 aliphatic rings. The SMILES string of the molecule is CC1CCC(NS(=O)(=O)c2ccc(Oc3cnn(C)c3)c([N+](=O)[O-])c2)CC1. The van der Waals surface area contributed by atoms with E-state index < -0.39 is 20.6 Å². The van der Waals surface area contributed by atoms with Gasteiger partial charge in [0.2, 0.25) is 15.8 Å². The van der Waals surface area contributed by atoms with Crippen molar-refractivity contribution in [2.24, 2.45) is 13.0 Å². The minimum Gasteiger partial charge on any atom is -0.447 e. The third-order valence-corrected chi connectivity index (χ3v) is 6.20. The number of nitrogens with zero attached hydrogens (tertiary/aromatic N) is 3. The molecule has 0 saturated heterocycles. The van der Waals surface area contributed by atoms with Crippen molar-refractivity contribution in [3.63, 3.8) is 0 Å². The van der Waals surface area contributed by atoms with Crippen LogP contribution in [0.15, 0.2) is 35.5 Å². The fraction of sp³-hybridized carbons (Fsp3) is 0.471. The van der Waals surface area contributed by atoms with Crippen molar-refractivity contribution in [2.45, 2.75) is 43.5 Å². The van der Waals surface area contributed by atoms with Crippen LogP contribution in [0.5, 0.6) is 11.5 Å². The van der Waals surface area contributed by atoms with Gasteiger partial charge in [0, 0.05) is 19.2 Å². The maximum absolute atomic E-state index is 12.6. The van der Waals surface area contributed by atoms with Crippen LogP contribution in [-0.4, -0.2) is 29.2 Å². The molecule has 2 aromatic rings. The van der Waals surface area contributed by atoms with Gasteiger partial charge in [0.25, 0.3) is 0 Å². The van der Waals surface area contributed by atoms with Gasteiger partial charge in [-0.05, 0) is 43.7 Å². The van der Waals surface area contributed by atoms with Crippen LogP contribution in [0.25, 0.3) is 0 Å². The highest BCUT2D eigenvalue weighted by Gasteiger charge is 2.27. The molecule has 0 bridgehead atoms. The fourth-order valence-electron chi connectivity index (χ4n) is 3.14. The van der Waals surface area contributed by atoms with Gasteiger partial charge < -0.3 is 4.74 Å². The molecule has 10 heteroatoms. The van der Waals surface area contributed by atoms with Crippen molar-refractivity contribution < 1.29 is 18.1 Å². The van der Waals surface area contributed by atoms with Crippen molar-refractivity contribution in [2.75, 3.05) is 0 Å². The first kappa shape index (κ1) is 19.3. The van der Waals surface area contributed by atoms with Gasteiger partial charge in [-0.25, -0.2) is 13.1 Å². The Kier molecular flexibility index (Phi) is 5.47. The number of aryl methyl sites for hydroxylation is 1. The Morgan fingerprint density at radius 3 is 2.59 bits per heavy atom. The van der Waals surface area contributed by atoms with Crippen molar-refractivity contribution in [1.82, 2.24) is 14.5 Å². The molecule has 1 fully saturated rings. The second-order valence-electron chi connectivity index (χ2n) is 6.92. The number of nitro groups is 1. The van der Waals surface area contributed by atoms with Crippen molar-refractivity contribution >= 4 is 15.7 Å². The van der Waals surface area contributed by atoms with E-state index in [0.29, 0.717) is 11.7 Å². The Bertz CT molecular complexity index is 933. The molecule has 9 nitrogen and oxygen atoms in total. The number of sulfonamides is 1. The lowest BCUT2D eigenvalue weighted by Crippen LogP contribution is -2.37. The lowest BCUT2D eigenvalue weighted by molar-refractivity contribution is -0.385. The summed E-state index contributed by atoms with van der Waals surface area (Å²) in [6.07, 6.45) is 6.44. The quantitative estimate of drug-likeness (QED) is 0.595. The molecular weight excluding hydrogens is 372 g/mol. The Morgan fingerprint density at radius 1 is 1.30 bits per heavy atom. The predicted molar refractivity (Wildman–Crippen MR) is 98.1 cm³/mol.